The molecule has 124 valence electrons. The molecule has 3 rings (SSSR count). The van der Waals surface area contributed by atoms with Crippen LogP contribution in [0.1, 0.15) is 48.8 Å². The summed E-state index contributed by atoms with van der Waals surface area (Å²) >= 11 is 1.80. The number of nitrogens with one attached hydrogen (secondary N) is 1. The van der Waals surface area contributed by atoms with Gasteiger partial charge < -0.3 is 11.1 Å². The number of amides is 1. The molecule has 0 radical (unpaired) electrons. The minimum absolute atomic E-state index is 0. The molecular formula is C17H27ClN2OS. The second-order valence-corrected chi connectivity index (χ2v) is 7.89. The quantitative estimate of drug-likeness (QED) is 0.879. The Morgan fingerprint density at radius 1 is 1.27 bits per heavy atom. The van der Waals surface area contributed by atoms with Gasteiger partial charge in [0.2, 0.25) is 5.91 Å². The molecule has 22 heavy (non-hydrogen) atoms. The number of nitrogens with two attached hydrogens (primary N) is 1. The Bertz CT molecular complexity index is 491. The van der Waals surface area contributed by atoms with E-state index in [9.17, 15) is 4.79 Å². The topological polar surface area (TPSA) is 55.1 Å². The van der Waals surface area contributed by atoms with Crippen LogP contribution in [0.4, 0.5) is 0 Å². The van der Waals surface area contributed by atoms with E-state index < -0.39 is 0 Å². The summed E-state index contributed by atoms with van der Waals surface area (Å²) < 4.78 is 0. The van der Waals surface area contributed by atoms with Crippen LogP contribution in [0, 0.1) is 17.8 Å². The lowest BCUT2D eigenvalue weighted by Crippen LogP contribution is -2.49. The van der Waals surface area contributed by atoms with E-state index >= 15 is 0 Å². The fourth-order valence-electron chi connectivity index (χ4n) is 4.03. The van der Waals surface area contributed by atoms with Gasteiger partial charge in [-0.15, -0.1) is 23.7 Å². The summed E-state index contributed by atoms with van der Waals surface area (Å²) in [5.41, 5.74) is 6.30. The third-order valence-corrected chi connectivity index (χ3v) is 6.52. The van der Waals surface area contributed by atoms with Crippen LogP contribution in [0.5, 0.6) is 0 Å². The molecule has 3 nitrogen and oxygen atoms in total. The molecule has 2 fully saturated rings. The summed E-state index contributed by atoms with van der Waals surface area (Å²) in [6, 6.07) is 4.64. The lowest BCUT2D eigenvalue weighted by molar-refractivity contribution is -0.128. The molecule has 1 amide bonds. The number of thiophene rings is 1. The van der Waals surface area contributed by atoms with Crippen LogP contribution in [0.25, 0.3) is 0 Å². The summed E-state index contributed by atoms with van der Waals surface area (Å²) in [5.74, 6) is 1.57. The molecular weight excluding hydrogens is 316 g/mol. The number of rotatable bonds is 4. The smallest absolute Gasteiger partial charge is 0.223 e. The maximum atomic E-state index is 12.4. The zero-order valence-corrected chi connectivity index (χ0v) is 14.8. The van der Waals surface area contributed by atoms with E-state index in [1.165, 1.54) is 29.0 Å². The van der Waals surface area contributed by atoms with Crippen LogP contribution in [-0.4, -0.2) is 11.9 Å². The standard InChI is InChI=1S/C17H26N2OS.ClH/c1-2-14-6-7-15(21-14)10-19-17(20)13-8-11-4-3-5-12(9-13)16(11)18;/h6-7,11-13,16H,2-5,8-10,18H2,1H3,(H,19,20);1H. The molecule has 2 aliphatic rings. The third kappa shape index (κ3) is 3.84. The maximum absolute atomic E-state index is 12.4. The molecule has 0 spiro atoms. The molecule has 2 saturated carbocycles. The van der Waals surface area contributed by atoms with Crippen LogP contribution in [-0.2, 0) is 17.8 Å². The average molecular weight is 343 g/mol. The van der Waals surface area contributed by atoms with Gasteiger partial charge in [-0.05, 0) is 56.1 Å². The van der Waals surface area contributed by atoms with Crippen molar-refractivity contribution in [2.45, 2.75) is 58.0 Å². The first-order valence-corrected chi connectivity index (χ1v) is 9.10. The molecule has 2 aliphatic carbocycles. The van der Waals surface area contributed by atoms with Crippen molar-refractivity contribution in [3.63, 3.8) is 0 Å². The first-order valence-electron chi connectivity index (χ1n) is 8.28. The number of hydrogen-bond acceptors (Lipinski definition) is 3. The monoisotopic (exact) mass is 342 g/mol. The second kappa shape index (κ2) is 7.80. The molecule has 2 unspecified atom stereocenters. The Morgan fingerprint density at radius 2 is 1.91 bits per heavy atom. The zero-order chi connectivity index (χ0) is 14.8. The fourth-order valence-corrected chi connectivity index (χ4v) is 4.93. The third-order valence-electron chi connectivity index (χ3n) is 5.29. The summed E-state index contributed by atoms with van der Waals surface area (Å²) in [7, 11) is 0. The first kappa shape index (κ1) is 17.8. The molecule has 3 N–H and O–H groups in total. The van der Waals surface area contributed by atoms with Gasteiger partial charge in [0.25, 0.3) is 0 Å². The normalized spacial score (nSPS) is 30.5. The van der Waals surface area contributed by atoms with E-state index in [-0.39, 0.29) is 24.2 Å². The van der Waals surface area contributed by atoms with Crippen LogP contribution in [0.2, 0.25) is 0 Å². The van der Waals surface area contributed by atoms with Crippen LogP contribution < -0.4 is 11.1 Å². The van der Waals surface area contributed by atoms with Crippen molar-refractivity contribution in [3.05, 3.63) is 21.9 Å². The molecule has 1 aromatic rings. The van der Waals surface area contributed by atoms with Crippen molar-refractivity contribution >= 4 is 29.7 Å². The molecule has 2 atom stereocenters. The minimum Gasteiger partial charge on any atom is -0.351 e. The largest absolute Gasteiger partial charge is 0.351 e. The SMILES string of the molecule is CCc1ccc(CNC(=O)C2CC3CCCC(C2)C3N)s1.Cl. The van der Waals surface area contributed by atoms with E-state index in [1.54, 1.807) is 11.3 Å². The molecule has 0 saturated heterocycles. The summed E-state index contributed by atoms with van der Waals surface area (Å²) in [6.07, 6.45) is 6.79. The van der Waals surface area contributed by atoms with E-state index in [1.807, 2.05) is 0 Å². The zero-order valence-electron chi connectivity index (χ0n) is 13.2. The molecule has 1 heterocycles. The predicted octanol–water partition coefficient (Wildman–Crippen LogP) is 3.50. The number of carbonyl (C=O) groups excluding carboxylic acids is 1. The Morgan fingerprint density at radius 3 is 2.50 bits per heavy atom. The molecule has 0 aliphatic heterocycles. The van der Waals surface area contributed by atoms with Crippen molar-refractivity contribution in [1.82, 2.24) is 5.32 Å². The van der Waals surface area contributed by atoms with Gasteiger partial charge in [0.1, 0.15) is 0 Å². The van der Waals surface area contributed by atoms with Crippen LogP contribution in [0.3, 0.4) is 0 Å². The Labute approximate surface area is 143 Å². The van der Waals surface area contributed by atoms with Gasteiger partial charge in [0.05, 0.1) is 6.54 Å². The summed E-state index contributed by atoms with van der Waals surface area (Å²) in [6.45, 7) is 2.85. The number of hydrogen-bond donors (Lipinski definition) is 2. The van der Waals surface area contributed by atoms with Gasteiger partial charge in [-0.2, -0.15) is 0 Å². The van der Waals surface area contributed by atoms with E-state index in [0.717, 1.165) is 19.3 Å². The lowest BCUT2D eigenvalue weighted by Gasteiger charge is -2.43. The summed E-state index contributed by atoms with van der Waals surface area (Å²) in [4.78, 5) is 15.1. The fraction of sp³-hybridized carbons (Fsp3) is 0.706. The van der Waals surface area contributed by atoms with Crippen LogP contribution in [0.15, 0.2) is 12.1 Å². The number of fused-ring (bicyclic) bond motifs is 2. The number of carbonyl (C=O) groups is 1. The Kier molecular flexibility index (Phi) is 6.30. The van der Waals surface area contributed by atoms with Crippen molar-refractivity contribution in [2.75, 3.05) is 0 Å². The summed E-state index contributed by atoms with van der Waals surface area (Å²) in [5, 5.41) is 3.14. The van der Waals surface area contributed by atoms with Crippen LogP contribution >= 0.6 is 23.7 Å². The van der Waals surface area contributed by atoms with Gasteiger partial charge in [-0.1, -0.05) is 13.3 Å². The molecule has 5 heteroatoms. The first-order chi connectivity index (χ1) is 10.2. The number of aryl methyl sites for hydroxylation is 1. The Balaban J connectivity index is 0.00000176. The van der Waals surface area contributed by atoms with Crippen molar-refractivity contribution in [2.24, 2.45) is 23.5 Å². The van der Waals surface area contributed by atoms with E-state index in [4.69, 9.17) is 5.73 Å². The van der Waals surface area contributed by atoms with Gasteiger partial charge in [-0.25, -0.2) is 0 Å². The highest BCUT2D eigenvalue weighted by Crippen LogP contribution is 2.41. The maximum Gasteiger partial charge on any atom is 0.223 e. The van der Waals surface area contributed by atoms with E-state index in [2.05, 4.69) is 24.4 Å². The lowest BCUT2D eigenvalue weighted by atomic mass is 9.65. The average Bonchev–Trinajstić information content (AvgIpc) is 2.92. The molecule has 0 aromatic carbocycles. The molecule has 1 aromatic heterocycles. The van der Waals surface area contributed by atoms with E-state index in [0.29, 0.717) is 24.4 Å². The number of halogens is 1. The van der Waals surface area contributed by atoms with Crippen molar-refractivity contribution in [3.8, 4) is 0 Å². The Hall–Kier alpha value is -0.580. The van der Waals surface area contributed by atoms with Crippen molar-refractivity contribution < 1.29 is 4.79 Å². The highest BCUT2D eigenvalue weighted by atomic mass is 35.5. The minimum atomic E-state index is 0. The van der Waals surface area contributed by atoms with Gasteiger partial charge in [0, 0.05) is 21.7 Å². The second-order valence-electron chi connectivity index (χ2n) is 6.64. The highest BCUT2D eigenvalue weighted by Gasteiger charge is 2.40. The predicted molar refractivity (Wildman–Crippen MR) is 94.3 cm³/mol. The highest BCUT2D eigenvalue weighted by molar-refractivity contribution is 7.11. The van der Waals surface area contributed by atoms with Crippen molar-refractivity contribution in [1.29, 1.82) is 0 Å². The molecule has 2 bridgehead atoms. The van der Waals surface area contributed by atoms with Gasteiger partial charge in [0.15, 0.2) is 0 Å². The van der Waals surface area contributed by atoms with Gasteiger partial charge >= 0.3 is 0 Å². The van der Waals surface area contributed by atoms with Gasteiger partial charge in [-0.3, -0.25) is 4.79 Å².